The van der Waals surface area contributed by atoms with Crippen LogP contribution in [-0.4, -0.2) is 61.0 Å². The lowest BCUT2D eigenvalue weighted by molar-refractivity contribution is -0.132. The van der Waals surface area contributed by atoms with Gasteiger partial charge >= 0.3 is 0 Å². The Morgan fingerprint density at radius 3 is 2.60 bits per heavy atom. The summed E-state index contributed by atoms with van der Waals surface area (Å²) >= 11 is 0. The van der Waals surface area contributed by atoms with Crippen molar-refractivity contribution in [2.45, 2.75) is 44.6 Å². The minimum atomic E-state index is 0. The van der Waals surface area contributed by atoms with Crippen LogP contribution in [0, 0.1) is 5.92 Å². The van der Waals surface area contributed by atoms with E-state index >= 15 is 0 Å². The van der Waals surface area contributed by atoms with Crippen molar-refractivity contribution in [3.63, 3.8) is 0 Å². The molecular formula is C15H28ClN3O. The van der Waals surface area contributed by atoms with Crippen LogP contribution in [0.25, 0.3) is 0 Å². The highest BCUT2D eigenvalue weighted by molar-refractivity contribution is 5.85. The summed E-state index contributed by atoms with van der Waals surface area (Å²) in [6.45, 7) is 5.91. The van der Waals surface area contributed by atoms with Crippen LogP contribution in [0.1, 0.15) is 38.5 Å². The van der Waals surface area contributed by atoms with E-state index in [4.69, 9.17) is 0 Å². The fraction of sp³-hybridized carbons (Fsp3) is 0.933. The molecule has 2 heterocycles. The highest BCUT2D eigenvalue weighted by atomic mass is 35.5. The van der Waals surface area contributed by atoms with Crippen molar-refractivity contribution in [3.8, 4) is 0 Å². The lowest BCUT2D eigenvalue weighted by atomic mass is 9.92. The number of hydrogen-bond donors (Lipinski definition) is 1. The highest BCUT2D eigenvalue weighted by Gasteiger charge is 2.34. The molecule has 4 nitrogen and oxygen atoms in total. The molecule has 2 saturated heterocycles. The van der Waals surface area contributed by atoms with E-state index in [0.717, 1.165) is 51.1 Å². The molecule has 0 radical (unpaired) electrons. The van der Waals surface area contributed by atoms with Crippen molar-refractivity contribution in [1.82, 2.24) is 15.1 Å². The zero-order valence-corrected chi connectivity index (χ0v) is 13.2. The second-order valence-electron chi connectivity index (χ2n) is 6.32. The molecule has 3 rings (SSSR count). The lowest BCUT2D eigenvalue weighted by Gasteiger charge is -2.38. The molecule has 1 N–H and O–H groups in total. The standard InChI is InChI=1S/C15H27N3O.ClH/c19-15(18-11-7-16-8-12-18)6-10-17-9-2-4-13-3-1-5-14(13)17;/h13-14,16H,1-12H2;1H. The van der Waals surface area contributed by atoms with Gasteiger partial charge in [0.1, 0.15) is 0 Å². The Hall–Kier alpha value is -0.320. The van der Waals surface area contributed by atoms with Crippen LogP contribution in [-0.2, 0) is 4.79 Å². The van der Waals surface area contributed by atoms with Gasteiger partial charge in [0, 0.05) is 45.2 Å². The van der Waals surface area contributed by atoms with Gasteiger partial charge in [-0.15, -0.1) is 12.4 Å². The van der Waals surface area contributed by atoms with Crippen LogP contribution < -0.4 is 5.32 Å². The fourth-order valence-corrected chi connectivity index (χ4v) is 4.15. The number of fused-ring (bicyclic) bond motifs is 1. The molecule has 2 aliphatic heterocycles. The summed E-state index contributed by atoms with van der Waals surface area (Å²) < 4.78 is 0. The van der Waals surface area contributed by atoms with Crippen LogP contribution in [0.5, 0.6) is 0 Å². The van der Waals surface area contributed by atoms with E-state index < -0.39 is 0 Å². The second kappa shape index (κ2) is 7.62. The largest absolute Gasteiger partial charge is 0.340 e. The molecule has 0 bridgehead atoms. The summed E-state index contributed by atoms with van der Waals surface area (Å²) in [5, 5.41) is 3.30. The molecule has 3 fully saturated rings. The first-order chi connectivity index (χ1) is 9.34. The molecule has 0 spiro atoms. The summed E-state index contributed by atoms with van der Waals surface area (Å²) in [5.74, 6) is 1.30. The van der Waals surface area contributed by atoms with Gasteiger partial charge in [-0.25, -0.2) is 0 Å². The van der Waals surface area contributed by atoms with E-state index in [-0.39, 0.29) is 12.4 Å². The quantitative estimate of drug-likeness (QED) is 0.858. The molecule has 1 saturated carbocycles. The first-order valence-corrected chi connectivity index (χ1v) is 8.07. The number of amides is 1. The van der Waals surface area contributed by atoms with Crippen molar-refractivity contribution in [3.05, 3.63) is 0 Å². The van der Waals surface area contributed by atoms with E-state index in [0.29, 0.717) is 5.91 Å². The van der Waals surface area contributed by atoms with Gasteiger partial charge in [-0.05, 0) is 38.1 Å². The molecule has 2 atom stereocenters. The Kier molecular flexibility index (Phi) is 6.12. The first-order valence-electron chi connectivity index (χ1n) is 8.07. The Morgan fingerprint density at radius 1 is 1.05 bits per heavy atom. The minimum absolute atomic E-state index is 0. The Bertz CT molecular complexity index is 320. The minimum Gasteiger partial charge on any atom is -0.340 e. The van der Waals surface area contributed by atoms with Gasteiger partial charge in [-0.1, -0.05) is 6.42 Å². The number of likely N-dealkylation sites (tertiary alicyclic amines) is 1. The normalized spacial score (nSPS) is 30.7. The average Bonchev–Trinajstić information content (AvgIpc) is 2.94. The van der Waals surface area contributed by atoms with Gasteiger partial charge in [0.15, 0.2) is 0 Å². The first kappa shape index (κ1) is 16.1. The summed E-state index contributed by atoms with van der Waals surface area (Å²) in [6, 6.07) is 0.796. The van der Waals surface area contributed by atoms with E-state index in [1.165, 1.54) is 38.6 Å². The number of nitrogens with one attached hydrogen (secondary N) is 1. The number of hydrogen-bond acceptors (Lipinski definition) is 3. The number of piperidine rings is 1. The Morgan fingerprint density at radius 2 is 1.80 bits per heavy atom. The molecule has 116 valence electrons. The summed E-state index contributed by atoms with van der Waals surface area (Å²) in [4.78, 5) is 16.9. The van der Waals surface area contributed by atoms with Crippen molar-refractivity contribution in [2.24, 2.45) is 5.92 Å². The topological polar surface area (TPSA) is 35.6 Å². The molecule has 3 aliphatic rings. The number of piperazine rings is 1. The van der Waals surface area contributed by atoms with Gasteiger partial charge in [0.2, 0.25) is 5.91 Å². The van der Waals surface area contributed by atoms with Gasteiger partial charge in [-0.2, -0.15) is 0 Å². The smallest absolute Gasteiger partial charge is 0.223 e. The maximum Gasteiger partial charge on any atom is 0.223 e. The second-order valence-corrected chi connectivity index (χ2v) is 6.32. The molecule has 0 aromatic heterocycles. The average molecular weight is 302 g/mol. The maximum absolute atomic E-state index is 12.2. The van der Waals surface area contributed by atoms with Crippen LogP contribution >= 0.6 is 12.4 Å². The van der Waals surface area contributed by atoms with Crippen molar-refractivity contribution < 1.29 is 4.79 Å². The third-order valence-corrected chi connectivity index (χ3v) is 5.19. The van der Waals surface area contributed by atoms with Crippen molar-refractivity contribution in [1.29, 1.82) is 0 Å². The number of rotatable bonds is 3. The highest BCUT2D eigenvalue weighted by Crippen LogP contribution is 2.36. The van der Waals surface area contributed by atoms with E-state index in [9.17, 15) is 4.79 Å². The summed E-state index contributed by atoms with van der Waals surface area (Å²) in [6.07, 6.45) is 7.68. The monoisotopic (exact) mass is 301 g/mol. The third-order valence-electron chi connectivity index (χ3n) is 5.19. The van der Waals surface area contributed by atoms with Gasteiger partial charge in [-0.3, -0.25) is 9.69 Å². The van der Waals surface area contributed by atoms with Crippen LogP contribution in [0.15, 0.2) is 0 Å². The molecular weight excluding hydrogens is 274 g/mol. The molecule has 0 aromatic carbocycles. The van der Waals surface area contributed by atoms with Crippen LogP contribution in [0.2, 0.25) is 0 Å². The number of halogens is 1. The summed E-state index contributed by atoms with van der Waals surface area (Å²) in [5.41, 5.74) is 0. The molecule has 5 heteroatoms. The molecule has 0 aromatic rings. The summed E-state index contributed by atoms with van der Waals surface area (Å²) in [7, 11) is 0. The van der Waals surface area contributed by atoms with Gasteiger partial charge in [0.05, 0.1) is 0 Å². The van der Waals surface area contributed by atoms with Crippen molar-refractivity contribution in [2.75, 3.05) is 39.3 Å². The SMILES string of the molecule is Cl.O=C(CCN1CCCC2CCCC21)N1CCNCC1. The van der Waals surface area contributed by atoms with E-state index in [2.05, 4.69) is 10.2 Å². The zero-order valence-electron chi connectivity index (χ0n) is 12.4. The fourth-order valence-electron chi connectivity index (χ4n) is 4.15. The van der Waals surface area contributed by atoms with Gasteiger partial charge < -0.3 is 10.2 Å². The third kappa shape index (κ3) is 3.66. The van der Waals surface area contributed by atoms with Crippen molar-refractivity contribution >= 4 is 18.3 Å². The van der Waals surface area contributed by atoms with Gasteiger partial charge in [0.25, 0.3) is 0 Å². The van der Waals surface area contributed by atoms with E-state index in [1.807, 2.05) is 4.90 Å². The Balaban J connectivity index is 0.00000147. The molecule has 1 aliphatic carbocycles. The van der Waals surface area contributed by atoms with E-state index in [1.54, 1.807) is 0 Å². The van der Waals surface area contributed by atoms with Crippen LogP contribution in [0.3, 0.4) is 0 Å². The molecule has 20 heavy (non-hydrogen) atoms. The molecule has 1 amide bonds. The van der Waals surface area contributed by atoms with Crippen LogP contribution in [0.4, 0.5) is 0 Å². The maximum atomic E-state index is 12.2. The Labute approximate surface area is 128 Å². The predicted octanol–water partition coefficient (Wildman–Crippen LogP) is 1.49. The zero-order chi connectivity index (χ0) is 13.1. The molecule has 2 unspecified atom stereocenters. The number of carbonyl (C=O) groups excluding carboxylic acids is 1. The predicted molar refractivity (Wildman–Crippen MR) is 83.3 cm³/mol. The number of carbonyl (C=O) groups is 1. The number of nitrogens with zero attached hydrogens (tertiary/aromatic N) is 2. The lowest BCUT2D eigenvalue weighted by Crippen LogP contribution is -2.48.